The Balaban J connectivity index is 2.03. The van der Waals surface area contributed by atoms with Crippen molar-refractivity contribution >= 4 is 27.7 Å². The summed E-state index contributed by atoms with van der Waals surface area (Å²) in [5.74, 6) is -0.252. The number of para-hydroxylation sites is 1. The van der Waals surface area contributed by atoms with Crippen molar-refractivity contribution in [2.75, 3.05) is 12.4 Å². The van der Waals surface area contributed by atoms with Gasteiger partial charge in [0.2, 0.25) is 15.9 Å². The minimum atomic E-state index is -3.44. The third kappa shape index (κ3) is 4.28. The van der Waals surface area contributed by atoms with Gasteiger partial charge >= 0.3 is 0 Å². The highest BCUT2D eigenvalue weighted by Crippen LogP contribution is 2.11. The van der Waals surface area contributed by atoms with E-state index in [1.807, 2.05) is 18.2 Å². The quantitative estimate of drug-likeness (QED) is 0.831. The SMILES string of the molecule is CNS(=O)(=O)c1ccc(/C=C/C(=O)Nc2ccccc2)cc1. The van der Waals surface area contributed by atoms with Crippen molar-refractivity contribution in [1.82, 2.24) is 4.72 Å². The van der Waals surface area contributed by atoms with Crippen LogP contribution in [-0.2, 0) is 14.8 Å². The number of rotatable bonds is 5. The lowest BCUT2D eigenvalue weighted by molar-refractivity contribution is -0.111. The maximum Gasteiger partial charge on any atom is 0.248 e. The van der Waals surface area contributed by atoms with Gasteiger partial charge in [-0.1, -0.05) is 30.3 Å². The molecule has 0 spiro atoms. The summed E-state index contributed by atoms with van der Waals surface area (Å²) in [5, 5.41) is 2.73. The average Bonchev–Trinajstić information content (AvgIpc) is 2.54. The summed E-state index contributed by atoms with van der Waals surface area (Å²) in [6.07, 6.45) is 3.02. The van der Waals surface area contributed by atoms with Gasteiger partial charge in [0.1, 0.15) is 0 Å². The van der Waals surface area contributed by atoms with Crippen LogP contribution in [0.2, 0.25) is 0 Å². The molecule has 22 heavy (non-hydrogen) atoms. The van der Waals surface area contributed by atoms with Crippen molar-refractivity contribution in [3.05, 3.63) is 66.2 Å². The molecule has 0 saturated carbocycles. The van der Waals surface area contributed by atoms with Gasteiger partial charge in [-0.05, 0) is 43.0 Å². The zero-order chi connectivity index (χ0) is 16.0. The molecule has 2 rings (SSSR count). The molecular formula is C16H16N2O3S. The van der Waals surface area contributed by atoms with Gasteiger partial charge < -0.3 is 5.32 Å². The summed E-state index contributed by atoms with van der Waals surface area (Å²) >= 11 is 0. The van der Waals surface area contributed by atoms with Gasteiger partial charge in [0.05, 0.1) is 4.90 Å². The van der Waals surface area contributed by atoms with Crippen LogP contribution in [0.15, 0.2) is 65.6 Å². The molecule has 0 atom stereocenters. The van der Waals surface area contributed by atoms with Crippen LogP contribution in [0.3, 0.4) is 0 Å². The zero-order valence-corrected chi connectivity index (χ0v) is 12.8. The van der Waals surface area contributed by atoms with Crippen LogP contribution in [0.1, 0.15) is 5.56 Å². The Morgan fingerprint density at radius 2 is 1.64 bits per heavy atom. The first-order chi connectivity index (χ1) is 10.5. The van der Waals surface area contributed by atoms with Gasteiger partial charge in [0, 0.05) is 11.8 Å². The minimum Gasteiger partial charge on any atom is -0.323 e. The largest absolute Gasteiger partial charge is 0.323 e. The Kier molecular flexibility index (Phi) is 5.08. The summed E-state index contributed by atoms with van der Waals surface area (Å²) in [4.78, 5) is 11.9. The second kappa shape index (κ2) is 7.02. The van der Waals surface area contributed by atoms with E-state index >= 15 is 0 Å². The second-order valence-electron chi connectivity index (χ2n) is 4.47. The molecule has 2 aromatic carbocycles. The van der Waals surface area contributed by atoms with Gasteiger partial charge in [-0.2, -0.15) is 0 Å². The highest BCUT2D eigenvalue weighted by atomic mass is 32.2. The van der Waals surface area contributed by atoms with Gasteiger partial charge in [0.15, 0.2) is 0 Å². The van der Waals surface area contributed by atoms with Crippen LogP contribution in [0.4, 0.5) is 5.69 Å². The molecule has 114 valence electrons. The van der Waals surface area contributed by atoms with Gasteiger partial charge in [0.25, 0.3) is 0 Å². The zero-order valence-electron chi connectivity index (χ0n) is 12.0. The number of benzene rings is 2. The van der Waals surface area contributed by atoms with Gasteiger partial charge in [-0.15, -0.1) is 0 Å². The minimum absolute atomic E-state index is 0.181. The number of nitrogens with one attached hydrogen (secondary N) is 2. The van der Waals surface area contributed by atoms with Crippen molar-refractivity contribution in [2.24, 2.45) is 0 Å². The number of amides is 1. The molecular weight excluding hydrogens is 300 g/mol. The maximum atomic E-state index is 11.8. The Hall–Kier alpha value is -2.44. The van der Waals surface area contributed by atoms with Crippen molar-refractivity contribution in [1.29, 1.82) is 0 Å². The lowest BCUT2D eigenvalue weighted by atomic mass is 10.2. The van der Waals surface area contributed by atoms with E-state index in [1.165, 1.54) is 25.3 Å². The van der Waals surface area contributed by atoms with Crippen LogP contribution in [0.5, 0.6) is 0 Å². The standard InChI is InChI=1S/C16H16N2O3S/c1-17-22(20,21)15-10-7-13(8-11-15)9-12-16(19)18-14-5-3-2-4-6-14/h2-12,17H,1H3,(H,18,19)/b12-9+. The average molecular weight is 316 g/mol. The lowest BCUT2D eigenvalue weighted by Gasteiger charge is -2.03. The fourth-order valence-corrected chi connectivity index (χ4v) is 2.48. The molecule has 2 aromatic rings. The third-order valence-electron chi connectivity index (χ3n) is 2.93. The van der Waals surface area contributed by atoms with E-state index in [0.717, 1.165) is 5.56 Å². The van der Waals surface area contributed by atoms with Crippen molar-refractivity contribution in [3.63, 3.8) is 0 Å². The summed E-state index contributed by atoms with van der Waals surface area (Å²) in [6, 6.07) is 15.4. The summed E-state index contributed by atoms with van der Waals surface area (Å²) in [6.45, 7) is 0. The summed E-state index contributed by atoms with van der Waals surface area (Å²) in [5.41, 5.74) is 1.45. The molecule has 6 heteroatoms. The monoisotopic (exact) mass is 316 g/mol. The topological polar surface area (TPSA) is 75.3 Å². The van der Waals surface area contributed by atoms with Crippen molar-refractivity contribution in [3.8, 4) is 0 Å². The first-order valence-corrected chi connectivity index (χ1v) is 8.07. The van der Waals surface area contributed by atoms with Crippen molar-refractivity contribution in [2.45, 2.75) is 4.90 Å². The highest BCUT2D eigenvalue weighted by Gasteiger charge is 2.09. The van der Waals surface area contributed by atoms with Crippen molar-refractivity contribution < 1.29 is 13.2 Å². The molecule has 0 saturated heterocycles. The Morgan fingerprint density at radius 3 is 2.23 bits per heavy atom. The molecule has 0 heterocycles. The highest BCUT2D eigenvalue weighted by molar-refractivity contribution is 7.89. The van der Waals surface area contributed by atoms with E-state index in [9.17, 15) is 13.2 Å². The fourth-order valence-electron chi connectivity index (χ4n) is 1.75. The summed E-state index contributed by atoms with van der Waals surface area (Å²) < 4.78 is 25.4. The summed E-state index contributed by atoms with van der Waals surface area (Å²) in [7, 11) is -2.08. The second-order valence-corrected chi connectivity index (χ2v) is 6.35. The first-order valence-electron chi connectivity index (χ1n) is 6.59. The maximum absolute atomic E-state index is 11.8. The van der Waals surface area contributed by atoms with E-state index in [-0.39, 0.29) is 10.8 Å². The van der Waals surface area contributed by atoms with E-state index in [0.29, 0.717) is 5.69 Å². The van der Waals surface area contributed by atoms with Crippen LogP contribution in [-0.4, -0.2) is 21.4 Å². The van der Waals surface area contributed by atoms with E-state index in [2.05, 4.69) is 10.0 Å². The Morgan fingerprint density at radius 1 is 1.00 bits per heavy atom. The Labute approximate surface area is 129 Å². The molecule has 0 radical (unpaired) electrons. The number of anilines is 1. The fraction of sp³-hybridized carbons (Fsp3) is 0.0625. The molecule has 0 aliphatic carbocycles. The van der Waals surface area contributed by atoms with Crippen LogP contribution in [0, 0.1) is 0 Å². The molecule has 5 nitrogen and oxygen atoms in total. The first kappa shape index (κ1) is 15.9. The number of carbonyl (C=O) groups excluding carboxylic acids is 1. The molecule has 0 bridgehead atoms. The van der Waals surface area contributed by atoms with Crippen LogP contribution < -0.4 is 10.0 Å². The number of hydrogen-bond donors (Lipinski definition) is 2. The number of carbonyl (C=O) groups is 1. The number of sulfonamides is 1. The van der Waals surface area contributed by atoms with Crippen LogP contribution in [0.25, 0.3) is 6.08 Å². The molecule has 0 fully saturated rings. The normalized spacial score (nSPS) is 11.5. The van der Waals surface area contributed by atoms with E-state index in [4.69, 9.17) is 0 Å². The molecule has 0 aromatic heterocycles. The Bertz CT molecular complexity index is 767. The lowest BCUT2D eigenvalue weighted by Crippen LogP contribution is -2.18. The number of hydrogen-bond acceptors (Lipinski definition) is 3. The molecule has 0 unspecified atom stereocenters. The van der Waals surface area contributed by atoms with Gasteiger partial charge in [-0.3, -0.25) is 4.79 Å². The molecule has 0 aliphatic rings. The molecule has 1 amide bonds. The third-order valence-corrected chi connectivity index (χ3v) is 4.36. The van der Waals surface area contributed by atoms with Crippen LogP contribution >= 0.6 is 0 Å². The smallest absolute Gasteiger partial charge is 0.248 e. The molecule has 0 aliphatic heterocycles. The van der Waals surface area contributed by atoms with E-state index in [1.54, 1.807) is 30.3 Å². The predicted octanol–water partition coefficient (Wildman–Crippen LogP) is 2.25. The van der Waals surface area contributed by atoms with E-state index < -0.39 is 10.0 Å². The predicted molar refractivity (Wildman–Crippen MR) is 86.8 cm³/mol. The molecule has 2 N–H and O–H groups in total. The van der Waals surface area contributed by atoms with Gasteiger partial charge in [-0.25, -0.2) is 13.1 Å².